The lowest BCUT2D eigenvalue weighted by molar-refractivity contribution is -0.115. The van der Waals surface area contributed by atoms with Gasteiger partial charge in [0.25, 0.3) is 0 Å². The highest BCUT2D eigenvalue weighted by Crippen LogP contribution is 2.37. The quantitative estimate of drug-likeness (QED) is 0.708. The van der Waals surface area contributed by atoms with Gasteiger partial charge in [-0.25, -0.2) is 9.18 Å². The van der Waals surface area contributed by atoms with Crippen LogP contribution in [0.25, 0.3) is 0 Å². The van der Waals surface area contributed by atoms with Crippen LogP contribution >= 0.6 is 23.7 Å². The zero-order valence-corrected chi connectivity index (χ0v) is 17.6. The number of hydrogen-bond acceptors (Lipinski definition) is 5. The zero-order chi connectivity index (χ0) is 19.4. The third kappa shape index (κ3) is 5.10. The summed E-state index contributed by atoms with van der Waals surface area (Å²) >= 11 is 1.44. The summed E-state index contributed by atoms with van der Waals surface area (Å²) in [6.07, 6.45) is 0.883. The molecule has 1 amide bonds. The number of amides is 1. The Labute approximate surface area is 174 Å². The minimum absolute atomic E-state index is 0. The summed E-state index contributed by atoms with van der Waals surface area (Å²) in [5, 5.41) is 3.41. The number of benzene rings is 1. The van der Waals surface area contributed by atoms with Gasteiger partial charge < -0.3 is 10.1 Å². The first-order chi connectivity index (χ1) is 13.0. The average molecular weight is 427 g/mol. The summed E-state index contributed by atoms with van der Waals surface area (Å²) in [6, 6.07) is 5.82. The molecule has 1 N–H and O–H groups in total. The van der Waals surface area contributed by atoms with Crippen LogP contribution in [0.1, 0.15) is 40.2 Å². The van der Waals surface area contributed by atoms with Crippen molar-refractivity contribution in [3.63, 3.8) is 0 Å². The molecule has 0 radical (unpaired) electrons. The van der Waals surface area contributed by atoms with Crippen LogP contribution < -0.4 is 5.32 Å². The van der Waals surface area contributed by atoms with Gasteiger partial charge in [-0.05, 0) is 43.1 Å². The van der Waals surface area contributed by atoms with E-state index in [9.17, 15) is 14.0 Å². The van der Waals surface area contributed by atoms with E-state index in [2.05, 4.69) is 17.1 Å². The smallest absolute Gasteiger partial charge is 0.341 e. The van der Waals surface area contributed by atoms with E-state index in [0.717, 1.165) is 36.5 Å². The van der Waals surface area contributed by atoms with Crippen molar-refractivity contribution in [3.8, 4) is 0 Å². The number of esters is 1. The summed E-state index contributed by atoms with van der Waals surface area (Å²) in [4.78, 5) is 28.4. The van der Waals surface area contributed by atoms with E-state index >= 15 is 0 Å². The first-order valence-electron chi connectivity index (χ1n) is 9.10. The topological polar surface area (TPSA) is 58.6 Å². The van der Waals surface area contributed by atoms with Crippen LogP contribution in [0.4, 0.5) is 9.39 Å². The molecule has 0 bridgehead atoms. The number of ether oxygens (including phenoxy) is 1. The number of nitrogens with zero attached hydrogens (tertiary/aromatic N) is 1. The maximum Gasteiger partial charge on any atom is 0.341 e. The molecule has 1 aromatic heterocycles. The lowest BCUT2D eigenvalue weighted by atomic mass is 10.0. The second kappa shape index (κ2) is 10.0. The SMILES string of the molecule is CCOC(=O)c1c(NC(=O)Cc2ccc(F)cc2)sc2c1CCN(CC)C2.Cl. The van der Waals surface area contributed by atoms with Gasteiger partial charge in [0.15, 0.2) is 0 Å². The molecule has 2 aromatic rings. The molecule has 0 unspecified atom stereocenters. The van der Waals surface area contributed by atoms with Crippen molar-refractivity contribution in [2.24, 2.45) is 0 Å². The Kier molecular flexibility index (Phi) is 7.98. The number of hydrogen-bond donors (Lipinski definition) is 1. The molecule has 3 rings (SSSR count). The van der Waals surface area contributed by atoms with E-state index in [1.165, 1.54) is 23.5 Å². The maximum absolute atomic E-state index is 13.0. The second-order valence-corrected chi connectivity index (χ2v) is 7.50. The normalized spacial score (nSPS) is 13.4. The highest BCUT2D eigenvalue weighted by atomic mass is 35.5. The molecule has 1 aliphatic heterocycles. The first kappa shape index (κ1) is 22.3. The fourth-order valence-electron chi connectivity index (χ4n) is 3.19. The molecule has 0 atom stereocenters. The Hall–Kier alpha value is -1.96. The van der Waals surface area contributed by atoms with Crippen molar-refractivity contribution in [1.82, 2.24) is 4.90 Å². The minimum atomic E-state index is -0.392. The number of anilines is 1. The number of likely N-dealkylation sites (N-methyl/N-ethyl adjacent to an activating group) is 1. The third-order valence-corrected chi connectivity index (χ3v) is 5.73. The molecule has 5 nitrogen and oxygen atoms in total. The van der Waals surface area contributed by atoms with Crippen LogP contribution in [0, 0.1) is 5.82 Å². The Morgan fingerprint density at radius 1 is 1.25 bits per heavy atom. The number of nitrogens with one attached hydrogen (secondary N) is 1. The number of rotatable bonds is 6. The second-order valence-electron chi connectivity index (χ2n) is 6.40. The number of thiophene rings is 1. The van der Waals surface area contributed by atoms with Crippen LogP contribution in [0.3, 0.4) is 0 Å². The number of fused-ring (bicyclic) bond motifs is 1. The largest absolute Gasteiger partial charge is 0.462 e. The van der Waals surface area contributed by atoms with Gasteiger partial charge in [-0.1, -0.05) is 19.1 Å². The predicted molar refractivity (Wildman–Crippen MR) is 111 cm³/mol. The Morgan fingerprint density at radius 3 is 2.61 bits per heavy atom. The highest BCUT2D eigenvalue weighted by molar-refractivity contribution is 7.17. The number of halogens is 2. The van der Waals surface area contributed by atoms with E-state index in [0.29, 0.717) is 16.1 Å². The average Bonchev–Trinajstić information content (AvgIpc) is 3.00. The van der Waals surface area contributed by atoms with E-state index in [4.69, 9.17) is 4.74 Å². The van der Waals surface area contributed by atoms with E-state index in [1.807, 2.05) is 0 Å². The molecule has 0 spiro atoms. The first-order valence-corrected chi connectivity index (χ1v) is 9.91. The molecule has 8 heteroatoms. The molecule has 1 aromatic carbocycles. The van der Waals surface area contributed by atoms with Gasteiger partial charge in [0.2, 0.25) is 5.91 Å². The molecule has 1 aliphatic rings. The minimum Gasteiger partial charge on any atom is -0.462 e. The molecule has 0 aliphatic carbocycles. The highest BCUT2D eigenvalue weighted by Gasteiger charge is 2.29. The van der Waals surface area contributed by atoms with Gasteiger partial charge in [0.1, 0.15) is 10.8 Å². The molecular formula is C20H24ClFN2O3S. The molecule has 0 saturated carbocycles. The van der Waals surface area contributed by atoms with E-state index in [1.54, 1.807) is 19.1 Å². The van der Waals surface area contributed by atoms with Crippen molar-refractivity contribution in [3.05, 3.63) is 51.7 Å². The van der Waals surface area contributed by atoms with Gasteiger partial charge in [-0.2, -0.15) is 0 Å². The summed E-state index contributed by atoms with van der Waals surface area (Å²) in [7, 11) is 0. The number of carbonyl (C=O) groups excluding carboxylic acids is 2. The van der Waals surface area contributed by atoms with E-state index < -0.39 is 5.97 Å². The van der Waals surface area contributed by atoms with Gasteiger partial charge in [-0.15, -0.1) is 23.7 Å². The predicted octanol–water partition coefficient (Wildman–Crippen LogP) is 4.04. The standard InChI is InChI=1S/C20H23FN2O3S.ClH/c1-3-23-10-9-15-16(12-23)27-19(18(15)20(25)26-4-2)22-17(24)11-13-5-7-14(21)8-6-13;/h5-8H,3-4,9-12H2,1-2H3,(H,22,24);1H. The van der Waals surface area contributed by atoms with Crippen LogP contribution in [-0.2, 0) is 28.9 Å². The van der Waals surface area contributed by atoms with Gasteiger partial charge >= 0.3 is 5.97 Å². The Morgan fingerprint density at radius 2 is 1.96 bits per heavy atom. The monoisotopic (exact) mass is 426 g/mol. The lowest BCUT2D eigenvalue weighted by Gasteiger charge is -2.25. The van der Waals surface area contributed by atoms with Gasteiger partial charge in [0.05, 0.1) is 18.6 Å². The summed E-state index contributed by atoms with van der Waals surface area (Å²) in [5.74, 6) is -0.967. The van der Waals surface area contributed by atoms with Crippen molar-refractivity contribution in [1.29, 1.82) is 0 Å². The van der Waals surface area contributed by atoms with Gasteiger partial charge in [-0.3, -0.25) is 9.69 Å². The lowest BCUT2D eigenvalue weighted by Crippen LogP contribution is -2.30. The summed E-state index contributed by atoms with van der Waals surface area (Å²) < 4.78 is 18.2. The molecule has 0 saturated heterocycles. The van der Waals surface area contributed by atoms with Crippen LogP contribution in [0.15, 0.2) is 24.3 Å². The third-order valence-electron chi connectivity index (χ3n) is 4.59. The summed E-state index contributed by atoms with van der Waals surface area (Å²) in [6.45, 7) is 6.76. The van der Waals surface area contributed by atoms with Gasteiger partial charge in [0, 0.05) is 18.0 Å². The van der Waals surface area contributed by atoms with Crippen molar-refractivity contribution < 1.29 is 18.7 Å². The fraction of sp³-hybridized carbons (Fsp3) is 0.400. The zero-order valence-electron chi connectivity index (χ0n) is 15.9. The maximum atomic E-state index is 13.0. The molecule has 152 valence electrons. The Bertz CT molecular complexity index is 839. The number of carbonyl (C=O) groups is 2. The van der Waals surface area contributed by atoms with E-state index in [-0.39, 0.29) is 37.2 Å². The fourth-order valence-corrected chi connectivity index (χ4v) is 4.49. The molecular weight excluding hydrogens is 403 g/mol. The van der Waals surface area contributed by atoms with Crippen molar-refractivity contribution in [2.75, 3.05) is 25.0 Å². The molecule has 2 heterocycles. The van der Waals surface area contributed by atoms with Crippen LogP contribution in [0.2, 0.25) is 0 Å². The van der Waals surface area contributed by atoms with Crippen molar-refractivity contribution in [2.45, 2.75) is 33.2 Å². The van der Waals surface area contributed by atoms with Crippen molar-refractivity contribution >= 4 is 40.6 Å². The van der Waals surface area contributed by atoms with Crippen LogP contribution in [0.5, 0.6) is 0 Å². The Balaban J connectivity index is 0.00000280. The molecule has 28 heavy (non-hydrogen) atoms. The molecule has 0 fully saturated rings. The summed E-state index contributed by atoms with van der Waals surface area (Å²) in [5.41, 5.74) is 2.19. The van der Waals surface area contributed by atoms with Crippen LogP contribution in [-0.4, -0.2) is 36.5 Å².